The van der Waals surface area contributed by atoms with Crippen molar-refractivity contribution in [3.63, 3.8) is 0 Å². The predicted octanol–water partition coefficient (Wildman–Crippen LogP) is -0.00850. The number of aliphatic hydroxyl groups is 1. The fraction of sp³-hybridized carbons (Fsp3) is 0.667. The molecule has 0 spiro atoms. The van der Waals surface area contributed by atoms with E-state index in [9.17, 15) is 13.5 Å². The van der Waals surface area contributed by atoms with Gasteiger partial charge in [-0.25, -0.2) is 13.1 Å². The molecule has 16 heavy (non-hydrogen) atoms. The van der Waals surface area contributed by atoms with Gasteiger partial charge in [-0.05, 0) is 18.9 Å². The summed E-state index contributed by atoms with van der Waals surface area (Å²) in [5.74, 6) is 0. The number of hydrogen-bond acceptors (Lipinski definition) is 4. The van der Waals surface area contributed by atoms with Crippen LogP contribution in [0.3, 0.4) is 0 Å². The number of nitrogens with one attached hydrogen (secondary N) is 2. The van der Waals surface area contributed by atoms with Crippen LogP contribution in [0.2, 0.25) is 0 Å². The molecule has 0 unspecified atom stereocenters. The van der Waals surface area contributed by atoms with Gasteiger partial charge in [0.2, 0.25) is 0 Å². The van der Waals surface area contributed by atoms with E-state index in [1.54, 1.807) is 0 Å². The van der Waals surface area contributed by atoms with Gasteiger partial charge in [-0.1, -0.05) is 12.8 Å². The first-order valence-corrected chi connectivity index (χ1v) is 6.78. The summed E-state index contributed by atoms with van der Waals surface area (Å²) < 4.78 is 26.1. The van der Waals surface area contributed by atoms with Crippen LogP contribution in [0, 0.1) is 0 Å². The highest BCUT2D eigenvalue weighted by atomic mass is 32.2. The fourth-order valence-electron chi connectivity index (χ4n) is 1.90. The minimum absolute atomic E-state index is 0.0327. The van der Waals surface area contributed by atoms with Crippen LogP contribution in [0.1, 0.15) is 25.7 Å². The molecule has 2 atom stereocenters. The third kappa shape index (κ3) is 2.42. The number of nitrogens with zero attached hydrogens (tertiary/aromatic N) is 1. The topological polar surface area (TPSA) is 95.1 Å². The maximum Gasteiger partial charge on any atom is 0.257 e. The highest BCUT2D eigenvalue weighted by Gasteiger charge is 2.28. The predicted molar refractivity (Wildman–Crippen MR) is 57.2 cm³/mol. The van der Waals surface area contributed by atoms with E-state index in [2.05, 4.69) is 14.9 Å². The van der Waals surface area contributed by atoms with Gasteiger partial charge in [-0.3, -0.25) is 5.10 Å². The number of aromatic nitrogens is 2. The van der Waals surface area contributed by atoms with Gasteiger partial charge >= 0.3 is 0 Å². The van der Waals surface area contributed by atoms with Crippen molar-refractivity contribution in [1.29, 1.82) is 0 Å². The SMILES string of the molecule is O=S(=O)(N[C@@H]1CCCC[C@H]1O)c1ccn[nH]1. The maximum absolute atomic E-state index is 11.8. The second-order valence-corrected chi connectivity index (χ2v) is 5.68. The number of aromatic amines is 1. The Balaban J connectivity index is 2.09. The second kappa shape index (κ2) is 4.52. The van der Waals surface area contributed by atoms with E-state index in [1.165, 1.54) is 12.3 Å². The van der Waals surface area contributed by atoms with Crippen molar-refractivity contribution in [2.24, 2.45) is 0 Å². The van der Waals surface area contributed by atoms with Crippen LogP contribution in [0.5, 0.6) is 0 Å². The van der Waals surface area contributed by atoms with Crippen molar-refractivity contribution < 1.29 is 13.5 Å². The molecular formula is C9H15N3O3S. The molecule has 1 fully saturated rings. The van der Waals surface area contributed by atoms with Crippen LogP contribution in [0.4, 0.5) is 0 Å². The molecule has 0 radical (unpaired) electrons. The molecule has 1 saturated carbocycles. The van der Waals surface area contributed by atoms with Crippen LogP contribution >= 0.6 is 0 Å². The number of aliphatic hydroxyl groups excluding tert-OH is 1. The molecule has 0 aliphatic heterocycles. The minimum atomic E-state index is -3.58. The molecule has 1 aromatic rings. The van der Waals surface area contributed by atoms with Gasteiger partial charge in [0.25, 0.3) is 10.0 Å². The van der Waals surface area contributed by atoms with Crippen molar-refractivity contribution in [2.45, 2.75) is 42.9 Å². The standard InChI is InChI=1S/C9H15N3O3S/c13-8-4-2-1-3-7(8)12-16(14,15)9-5-6-10-11-9/h5-8,12-13H,1-4H2,(H,10,11)/t7-,8-/m1/s1. The van der Waals surface area contributed by atoms with Gasteiger partial charge in [-0.15, -0.1) is 0 Å². The molecule has 2 rings (SSSR count). The fourth-order valence-corrected chi connectivity index (χ4v) is 3.12. The Hall–Kier alpha value is -0.920. The van der Waals surface area contributed by atoms with E-state index in [4.69, 9.17) is 0 Å². The van der Waals surface area contributed by atoms with Crippen molar-refractivity contribution in [1.82, 2.24) is 14.9 Å². The van der Waals surface area contributed by atoms with Crippen molar-refractivity contribution in [2.75, 3.05) is 0 Å². The average molecular weight is 245 g/mol. The lowest BCUT2D eigenvalue weighted by molar-refractivity contribution is 0.101. The molecular weight excluding hydrogens is 230 g/mol. The van der Waals surface area contributed by atoms with Gasteiger partial charge in [0, 0.05) is 6.04 Å². The van der Waals surface area contributed by atoms with E-state index in [1.807, 2.05) is 0 Å². The van der Waals surface area contributed by atoms with Crippen molar-refractivity contribution in [3.8, 4) is 0 Å². The van der Waals surface area contributed by atoms with Gasteiger partial charge in [-0.2, -0.15) is 5.10 Å². The number of sulfonamides is 1. The van der Waals surface area contributed by atoms with E-state index >= 15 is 0 Å². The molecule has 0 amide bonds. The lowest BCUT2D eigenvalue weighted by atomic mass is 9.93. The highest BCUT2D eigenvalue weighted by Crippen LogP contribution is 2.19. The molecule has 1 heterocycles. The van der Waals surface area contributed by atoms with Crippen molar-refractivity contribution >= 4 is 10.0 Å². The average Bonchev–Trinajstić information content (AvgIpc) is 2.75. The Morgan fingerprint density at radius 3 is 2.81 bits per heavy atom. The summed E-state index contributed by atoms with van der Waals surface area (Å²) >= 11 is 0. The zero-order chi connectivity index (χ0) is 11.6. The Kier molecular flexibility index (Phi) is 3.27. The Labute approximate surface area is 94.1 Å². The zero-order valence-corrected chi connectivity index (χ0v) is 9.57. The van der Waals surface area contributed by atoms with E-state index < -0.39 is 16.1 Å². The summed E-state index contributed by atoms with van der Waals surface area (Å²) in [6.45, 7) is 0. The molecule has 3 N–H and O–H groups in total. The number of H-pyrrole nitrogens is 1. The van der Waals surface area contributed by atoms with Crippen molar-refractivity contribution in [3.05, 3.63) is 12.3 Å². The summed E-state index contributed by atoms with van der Waals surface area (Å²) in [6.07, 6.45) is 4.00. The first-order valence-electron chi connectivity index (χ1n) is 5.29. The monoisotopic (exact) mass is 245 g/mol. The molecule has 6 nitrogen and oxygen atoms in total. The lowest BCUT2D eigenvalue weighted by Crippen LogP contribution is -2.45. The molecule has 0 aromatic carbocycles. The quantitative estimate of drug-likeness (QED) is 0.698. The normalized spacial score (nSPS) is 26.8. The zero-order valence-electron chi connectivity index (χ0n) is 8.76. The number of rotatable bonds is 3. The second-order valence-electron chi connectivity index (χ2n) is 4.00. The molecule has 1 aromatic heterocycles. The first kappa shape index (κ1) is 11.6. The lowest BCUT2D eigenvalue weighted by Gasteiger charge is -2.27. The number of hydrogen-bond donors (Lipinski definition) is 3. The smallest absolute Gasteiger partial charge is 0.257 e. The van der Waals surface area contributed by atoms with E-state index in [0.29, 0.717) is 12.8 Å². The Morgan fingerprint density at radius 1 is 1.44 bits per heavy atom. The largest absolute Gasteiger partial charge is 0.391 e. The van der Waals surface area contributed by atoms with Crippen LogP contribution in [0.25, 0.3) is 0 Å². The third-order valence-corrected chi connectivity index (χ3v) is 4.22. The van der Waals surface area contributed by atoms with Crippen LogP contribution < -0.4 is 4.72 Å². The van der Waals surface area contributed by atoms with Gasteiger partial charge in [0.15, 0.2) is 5.03 Å². The maximum atomic E-state index is 11.8. The van der Waals surface area contributed by atoms with Gasteiger partial charge < -0.3 is 5.11 Å². The molecule has 0 bridgehead atoms. The van der Waals surface area contributed by atoms with E-state index in [-0.39, 0.29) is 11.1 Å². The first-order chi connectivity index (χ1) is 7.59. The van der Waals surface area contributed by atoms with Gasteiger partial charge in [0.05, 0.1) is 12.3 Å². The Morgan fingerprint density at radius 2 is 2.19 bits per heavy atom. The summed E-state index contributed by atoms with van der Waals surface area (Å²) in [7, 11) is -3.58. The molecule has 90 valence electrons. The van der Waals surface area contributed by atoms with Crippen LogP contribution in [0.15, 0.2) is 17.3 Å². The summed E-state index contributed by atoms with van der Waals surface area (Å²) in [4.78, 5) is 0. The van der Waals surface area contributed by atoms with Crippen LogP contribution in [-0.2, 0) is 10.0 Å². The summed E-state index contributed by atoms with van der Waals surface area (Å²) in [5.41, 5.74) is 0. The molecule has 1 aliphatic carbocycles. The minimum Gasteiger partial charge on any atom is -0.391 e. The summed E-state index contributed by atoms with van der Waals surface area (Å²) in [5, 5.41) is 15.7. The highest BCUT2D eigenvalue weighted by molar-refractivity contribution is 7.89. The van der Waals surface area contributed by atoms with Crippen LogP contribution in [-0.4, -0.2) is 35.9 Å². The van der Waals surface area contributed by atoms with E-state index in [0.717, 1.165) is 12.8 Å². The molecule has 0 saturated heterocycles. The molecule has 1 aliphatic rings. The Bertz CT molecular complexity index is 429. The van der Waals surface area contributed by atoms with Gasteiger partial charge in [0.1, 0.15) is 0 Å². The summed E-state index contributed by atoms with van der Waals surface area (Å²) in [6, 6.07) is 0.999. The third-order valence-electron chi connectivity index (χ3n) is 2.80. The molecule has 7 heteroatoms.